The lowest BCUT2D eigenvalue weighted by molar-refractivity contribution is -0.117. The van der Waals surface area contributed by atoms with Gasteiger partial charge in [0.15, 0.2) is 0 Å². The van der Waals surface area contributed by atoms with Crippen LogP contribution >= 0.6 is 0 Å². The average molecular weight is 167 g/mol. The molecule has 0 radical (unpaired) electrons. The zero-order chi connectivity index (χ0) is 9.03. The molecule has 1 rings (SSSR count). The SMILES string of the molecule is CCC1(C)CCCC(CC#N)O1. The average Bonchev–Trinajstić information content (AvgIpc) is 2.05. The smallest absolute Gasteiger partial charge is 0.0712 e. The second-order valence-electron chi connectivity index (χ2n) is 3.80. The summed E-state index contributed by atoms with van der Waals surface area (Å²) in [5.74, 6) is 0. The Balaban J connectivity index is 2.46. The molecule has 1 aliphatic rings. The summed E-state index contributed by atoms with van der Waals surface area (Å²) in [5.41, 5.74) is 0.0414. The summed E-state index contributed by atoms with van der Waals surface area (Å²) < 4.78 is 5.84. The van der Waals surface area contributed by atoms with Crippen molar-refractivity contribution >= 4 is 0 Å². The van der Waals surface area contributed by atoms with Crippen LogP contribution in [0, 0.1) is 11.3 Å². The molecule has 1 saturated heterocycles. The third-order valence-electron chi connectivity index (χ3n) is 2.75. The van der Waals surface area contributed by atoms with E-state index >= 15 is 0 Å². The molecule has 0 spiro atoms. The Labute approximate surface area is 74.5 Å². The summed E-state index contributed by atoms with van der Waals surface area (Å²) in [5, 5.41) is 8.53. The van der Waals surface area contributed by atoms with Gasteiger partial charge in [0.2, 0.25) is 0 Å². The van der Waals surface area contributed by atoms with Crippen molar-refractivity contribution in [2.45, 2.75) is 57.7 Å². The molecule has 0 bridgehead atoms. The molecule has 1 heterocycles. The van der Waals surface area contributed by atoms with Crippen molar-refractivity contribution < 1.29 is 4.74 Å². The number of nitrogens with zero attached hydrogens (tertiary/aromatic N) is 1. The molecule has 2 heteroatoms. The molecule has 2 nitrogen and oxygen atoms in total. The highest BCUT2D eigenvalue weighted by atomic mass is 16.5. The number of nitriles is 1. The Kier molecular flexibility index (Phi) is 3.11. The standard InChI is InChI=1S/C10H17NO/c1-3-10(2)7-4-5-9(12-10)6-8-11/h9H,3-7H2,1-2H3. The molecule has 0 aliphatic carbocycles. The summed E-state index contributed by atoms with van der Waals surface area (Å²) in [6, 6.07) is 2.17. The van der Waals surface area contributed by atoms with Crippen molar-refractivity contribution in [3.8, 4) is 6.07 Å². The minimum atomic E-state index is 0.0414. The highest BCUT2D eigenvalue weighted by Gasteiger charge is 2.30. The van der Waals surface area contributed by atoms with E-state index in [1.54, 1.807) is 0 Å². The zero-order valence-corrected chi connectivity index (χ0v) is 7.97. The first-order valence-corrected chi connectivity index (χ1v) is 4.75. The molecular weight excluding hydrogens is 150 g/mol. The van der Waals surface area contributed by atoms with Crippen LogP contribution < -0.4 is 0 Å². The van der Waals surface area contributed by atoms with Crippen molar-refractivity contribution in [1.82, 2.24) is 0 Å². The first-order chi connectivity index (χ1) is 5.70. The molecule has 2 unspecified atom stereocenters. The monoisotopic (exact) mass is 167 g/mol. The van der Waals surface area contributed by atoms with Gasteiger partial charge in [0.25, 0.3) is 0 Å². The van der Waals surface area contributed by atoms with Crippen LogP contribution in [0.3, 0.4) is 0 Å². The van der Waals surface area contributed by atoms with Crippen LogP contribution in [0.25, 0.3) is 0 Å². The minimum absolute atomic E-state index is 0.0414. The van der Waals surface area contributed by atoms with Crippen LogP contribution in [0.15, 0.2) is 0 Å². The fraction of sp³-hybridized carbons (Fsp3) is 0.900. The highest BCUT2D eigenvalue weighted by molar-refractivity contribution is 4.85. The second kappa shape index (κ2) is 3.91. The Morgan fingerprint density at radius 2 is 2.42 bits per heavy atom. The Morgan fingerprint density at radius 1 is 1.67 bits per heavy atom. The quantitative estimate of drug-likeness (QED) is 0.633. The van der Waals surface area contributed by atoms with Crippen molar-refractivity contribution in [2.24, 2.45) is 0 Å². The van der Waals surface area contributed by atoms with E-state index in [0.29, 0.717) is 6.42 Å². The second-order valence-corrected chi connectivity index (χ2v) is 3.80. The lowest BCUT2D eigenvalue weighted by atomic mass is 9.90. The lowest BCUT2D eigenvalue weighted by Crippen LogP contribution is -2.37. The fourth-order valence-corrected chi connectivity index (χ4v) is 1.73. The van der Waals surface area contributed by atoms with Crippen molar-refractivity contribution in [3.63, 3.8) is 0 Å². The number of rotatable bonds is 2. The molecule has 12 heavy (non-hydrogen) atoms. The van der Waals surface area contributed by atoms with E-state index in [-0.39, 0.29) is 11.7 Å². The van der Waals surface area contributed by atoms with E-state index in [4.69, 9.17) is 10.00 Å². The predicted octanol–water partition coefficient (Wildman–Crippen LogP) is 2.64. The summed E-state index contributed by atoms with van der Waals surface area (Å²) in [7, 11) is 0. The molecule has 0 saturated carbocycles. The van der Waals surface area contributed by atoms with Gasteiger partial charge in [0.1, 0.15) is 0 Å². The molecule has 0 aromatic heterocycles. The lowest BCUT2D eigenvalue weighted by Gasteiger charge is -2.37. The first-order valence-electron chi connectivity index (χ1n) is 4.75. The normalized spacial score (nSPS) is 35.9. The van der Waals surface area contributed by atoms with Gasteiger partial charge >= 0.3 is 0 Å². The highest BCUT2D eigenvalue weighted by Crippen LogP contribution is 2.31. The summed E-state index contributed by atoms with van der Waals surface area (Å²) in [6.07, 6.45) is 5.20. The van der Waals surface area contributed by atoms with E-state index in [1.807, 2.05) is 0 Å². The van der Waals surface area contributed by atoms with Gasteiger partial charge < -0.3 is 4.74 Å². The Hall–Kier alpha value is -0.550. The molecule has 2 atom stereocenters. The third-order valence-corrected chi connectivity index (χ3v) is 2.75. The molecule has 0 aromatic rings. The van der Waals surface area contributed by atoms with Gasteiger partial charge in [-0.2, -0.15) is 5.26 Å². The molecule has 1 fully saturated rings. The first kappa shape index (κ1) is 9.54. The topological polar surface area (TPSA) is 33.0 Å². The number of hydrogen-bond donors (Lipinski definition) is 0. The van der Waals surface area contributed by atoms with Gasteiger partial charge in [-0.1, -0.05) is 6.92 Å². The third kappa shape index (κ3) is 2.22. The maximum Gasteiger partial charge on any atom is 0.0712 e. The summed E-state index contributed by atoms with van der Waals surface area (Å²) in [6.45, 7) is 4.30. The zero-order valence-electron chi connectivity index (χ0n) is 7.97. The van der Waals surface area contributed by atoms with Gasteiger partial charge in [-0.3, -0.25) is 0 Å². The maximum atomic E-state index is 8.53. The number of ether oxygens (including phenoxy) is 1. The van der Waals surface area contributed by atoms with E-state index in [1.165, 1.54) is 6.42 Å². The Bertz CT molecular complexity index is 185. The maximum absolute atomic E-state index is 8.53. The van der Waals surface area contributed by atoms with E-state index in [0.717, 1.165) is 19.3 Å². The van der Waals surface area contributed by atoms with Crippen LogP contribution in [0.1, 0.15) is 46.0 Å². The van der Waals surface area contributed by atoms with Crippen LogP contribution in [0.4, 0.5) is 0 Å². The predicted molar refractivity (Wildman–Crippen MR) is 47.7 cm³/mol. The van der Waals surface area contributed by atoms with E-state index in [2.05, 4.69) is 19.9 Å². The van der Waals surface area contributed by atoms with Crippen LogP contribution in [0.2, 0.25) is 0 Å². The van der Waals surface area contributed by atoms with E-state index in [9.17, 15) is 0 Å². The Morgan fingerprint density at radius 3 is 3.00 bits per heavy atom. The fourth-order valence-electron chi connectivity index (χ4n) is 1.73. The summed E-state index contributed by atoms with van der Waals surface area (Å²) in [4.78, 5) is 0. The van der Waals surface area contributed by atoms with Gasteiger partial charge in [-0.25, -0.2) is 0 Å². The largest absolute Gasteiger partial charge is 0.371 e. The minimum Gasteiger partial charge on any atom is -0.371 e. The summed E-state index contributed by atoms with van der Waals surface area (Å²) >= 11 is 0. The van der Waals surface area contributed by atoms with Crippen molar-refractivity contribution in [1.29, 1.82) is 5.26 Å². The molecule has 0 aromatic carbocycles. The number of hydrogen-bond acceptors (Lipinski definition) is 2. The van der Waals surface area contributed by atoms with Gasteiger partial charge in [0, 0.05) is 0 Å². The van der Waals surface area contributed by atoms with Gasteiger partial charge in [-0.05, 0) is 32.6 Å². The van der Waals surface area contributed by atoms with Crippen molar-refractivity contribution in [3.05, 3.63) is 0 Å². The van der Waals surface area contributed by atoms with Crippen LogP contribution in [-0.2, 0) is 4.74 Å². The molecular formula is C10H17NO. The molecule has 0 amide bonds. The molecule has 68 valence electrons. The van der Waals surface area contributed by atoms with Gasteiger partial charge in [-0.15, -0.1) is 0 Å². The molecule has 0 N–H and O–H groups in total. The van der Waals surface area contributed by atoms with Gasteiger partial charge in [0.05, 0.1) is 24.2 Å². The van der Waals surface area contributed by atoms with Crippen LogP contribution in [-0.4, -0.2) is 11.7 Å². The van der Waals surface area contributed by atoms with Crippen molar-refractivity contribution in [2.75, 3.05) is 0 Å². The molecule has 1 aliphatic heterocycles. The van der Waals surface area contributed by atoms with Crippen LogP contribution in [0.5, 0.6) is 0 Å². The van der Waals surface area contributed by atoms with E-state index < -0.39 is 0 Å².